The maximum atomic E-state index is 11.9. The first kappa shape index (κ1) is 14.1. The van der Waals surface area contributed by atoms with E-state index in [9.17, 15) is 4.79 Å². The molecule has 0 bridgehead atoms. The number of aliphatic hydroxyl groups is 1. The third-order valence-corrected chi connectivity index (χ3v) is 3.98. The highest BCUT2D eigenvalue weighted by atomic mass is 35.5. The number of halogens is 1. The SMILES string of the molecule is O=C(CCO)N1CCc2[nH]nc(-c3ccc(Cl)cc3)c2C1. The zero-order chi connectivity index (χ0) is 14.8. The molecule has 110 valence electrons. The number of carbonyl (C=O) groups is 1. The van der Waals surface area contributed by atoms with Gasteiger partial charge in [-0.05, 0) is 12.1 Å². The lowest BCUT2D eigenvalue weighted by molar-refractivity contribution is -0.132. The van der Waals surface area contributed by atoms with Crippen LogP contribution in [0.25, 0.3) is 11.3 Å². The Balaban J connectivity index is 1.89. The molecule has 0 fully saturated rings. The number of amides is 1. The molecule has 21 heavy (non-hydrogen) atoms. The number of benzene rings is 1. The number of hydrogen-bond donors (Lipinski definition) is 2. The molecule has 1 amide bonds. The number of nitrogens with zero attached hydrogens (tertiary/aromatic N) is 2. The first-order valence-electron chi connectivity index (χ1n) is 6.89. The van der Waals surface area contributed by atoms with Gasteiger partial charge in [0.15, 0.2) is 0 Å². The van der Waals surface area contributed by atoms with Crippen molar-refractivity contribution in [2.24, 2.45) is 0 Å². The van der Waals surface area contributed by atoms with Crippen LogP contribution in [0.15, 0.2) is 24.3 Å². The predicted molar refractivity (Wildman–Crippen MR) is 79.9 cm³/mol. The summed E-state index contributed by atoms with van der Waals surface area (Å²) in [4.78, 5) is 13.7. The summed E-state index contributed by atoms with van der Waals surface area (Å²) >= 11 is 5.91. The Morgan fingerprint density at radius 1 is 1.38 bits per heavy atom. The van der Waals surface area contributed by atoms with Crippen LogP contribution in [0.4, 0.5) is 0 Å². The normalized spacial score (nSPS) is 14.1. The summed E-state index contributed by atoms with van der Waals surface area (Å²) in [7, 11) is 0. The van der Waals surface area contributed by atoms with Crippen LogP contribution in [-0.4, -0.2) is 39.3 Å². The molecule has 0 radical (unpaired) electrons. The highest BCUT2D eigenvalue weighted by molar-refractivity contribution is 6.30. The third kappa shape index (κ3) is 2.80. The van der Waals surface area contributed by atoms with Crippen molar-refractivity contribution in [3.63, 3.8) is 0 Å². The van der Waals surface area contributed by atoms with E-state index in [0.29, 0.717) is 18.1 Å². The van der Waals surface area contributed by atoms with Gasteiger partial charge in [0.05, 0.1) is 12.3 Å². The smallest absolute Gasteiger partial charge is 0.225 e. The monoisotopic (exact) mass is 305 g/mol. The molecule has 0 atom stereocenters. The van der Waals surface area contributed by atoms with E-state index in [1.54, 1.807) is 4.90 Å². The molecule has 0 unspecified atom stereocenters. The molecule has 0 saturated carbocycles. The second-order valence-electron chi connectivity index (χ2n) is 5.08. The number of aliphatic hydroxyl groups excluding tert-OH is 1. The average Bonchev–Trinajstić information content (AvgIpc) is 2.91. The number of carbonyl (C=O) groups excluding carboxylic acids is 1. The second-order valence-corrected chi connectivity index (χ2v) is 5.51. The van der Waals surface area contributed by atoms with Crippen molar-refractivity contribution in [2.75, 3.05) is 13.2 Å². The van der Waals surface area contributed by atoms with Crippen molar-refractivity contribution in [1.82, 2.24) is 15.1 Å². The molecule has 2 heterocycles. The number of aromatic nitrogens is 2. The zero-order valence-corrected chi connectivity index (χ0v) is 12.2. The van der Waals surface area contributed by atoms with Crippen molar-refractivity contribution >= 4 is 17.5 Å². The largest absolute Gasteiger partial charge is 0.396 e. The van der Waals surface area contributed by atoms with Crippen molar-refractivity contribution in [1.29, 1.82) is 0 Å². The topological polar surface area (TPSA) is 69.2 Å². The van der Waals surface area contributed by atoms with Gasteiger partial charge in [-0.1, -0.05) is 23.7 Å². The fraction of sp³-hybridized carbons (Fsp3) is 0.333. The van der Waals surface area contributed by atoms with Crippen LogP contribution in [0, 0.1) is 0 Å². The Morgan fingerprint density at radius 2 is 2.14 bits per heavy atom. The van der Waals surface area contributed by atoms with Gasteiger partial charge in [0.2, 0.25) is 5.91 Å². The van der Waals surface area contributed by atoms with E-state index < -0.39 is 0 Å². The Morgan fingerprint density at radius 3 is 2.86 bits per heavy atom. The summed E-state index contributed by atoms with van der Waals surface area (Å²) < 4.78 is 0. The maximum Gasteiger partial charge on any atom is 0.225 e. The van der Waals surface area contributed by atoms with Crippen LogP contribution in [0.3, 0.4) is 0 Å². The van der Waals surface area contributed by atoms with Crippen molar-refractivity contribution in [3.05, 3.63) is 40.5 Å². The highest BCUT2D eigenvalue weighted by Crippen LogP contribution is 2.29. The van der Waals surface area contributed by atoms with E-state index in [0.717, 1.165) is 28.9 Å². The molecule has 1 aliphatic heterocycles. The van der Waals surface area contributed by atoms with Gasteiger partial charge >= 0.3 is 0 Å². The summed E-state index contributed by atoms with van der Waals surface area (Å²) in [5.41, 5.74) is 3.97. The predicted octanol–water partition coefficient (Wildman–Crippen LogP) is 2.00. The van der Waals surface area contributed by atoms with Crippen LogP contribution >= 0.6 is 11.6 Å². The van der Waals surface area contributed by atoms with E-state index in [1.807, 2.05) is 24.3 Å². The van der Waals surface area contributed by atoms with Crippen LogP contribution < -0.4 is 0 Å². The number of rotatable bonds is 3. The molecule has 2 aromatic rings. The van der Waals surface area contributed by atoms with Gasteiger partial charge < -0.3 is 10.0 Å². The van der Waals surface area contributed by atoms with Crippen LogP contribution in [0.5, 0.6) is 0 Å². The lowest BCUT2D eigenvalue weighted by Gasteiger charge is -2.27. The van der Waals surface area contributed by atoms with Gasteiger partial charge in [-0.15, -0.1) is 0 Å². The molecule has 0 spiro atoms. The van der Waals surface area contributed by atoms with Crippen molar-refractivity contribution < 1.29 is 9.90 Å². The lowest BCUT2D eigenvalue weighted by atomic mass is 10.0. The Kier molecular flexibility index (Phi) is 3.94. The molecule has 5 nitrogen and oxygen atoms in total. The Labute approximate surface area is 127 Å². The minimum Gasteiger partial charge on any atom is -0.396 e. The fourth-order valence-electron chi connectivity index (χ4n) is 2.61. The van der Waals surface area contributed by atoms with Crippen molar-refractivity contribution in [2.45, 2.75) is 19.4 Å². The molecule has 0 saturated heterocycles. The molecule has 1 aliphatic rings. The highest BCUT2D eigenvalue weighted by Gasteiger charge is 2.25. The van der Waals surface area contributed by atoms with Gasteiger partial charge in [0.25, 0.3) is 0 Å². The molecular weight excluding hydrogens is 290 g/mol. The summed E-state index contributed by atoms with van der Waals surface area (Å²) in [6.07, 6.45) is 0.927. The second kappa shape index (κ2) is 5.87. The number of hydrogen-bond acceptors (Lipinski definition) is 3. The summed E-state index contributed by atoms with van der Waals surface area (Å²) in [6.45, 7) is 1.08. The van der Waals surface area contributed by atoms with Crippen LogP contribution in [0.2, 0.25) is 5.02 Å². The molecule has 6 heteroatoms. The quantitative estimate of drug-likeness (QED) is 0.911. The number of aromatic amines is 1. The Bertz CT molecular complexity index is 651. The van der Waals surface area contributed by atoms with Crippen LogP contribution in [-0.2, 0) is 17.8 Å². The van der Waals surface area contributed by atoms with Crippen molar-refractivity contribution in [3.8, 4) is 11.3 Å². The van der Waals surface area contributed by atoms with E-state index in [4.69, 9.17) is 16.7 Å². The van der Waals surface area contributed by atoms with E-state index in [2.05, 4.69) is 10.2 Å². The zero-order valence-electron chi connectivity index (χ0n) is 11.5. The lowest BCUT2D eigenvalue weighted by Crippen LogP contribution is -2.36. The fourth-order valence-corrected chi connectivity index (χ4v) is 2.73. The standard InChI is InChI=1S/C15H16ClN3O2/c16-11-3-1-10(2-4-11)15-12-9-19(14(21)6-8-20)7-5-13(12)17-18-15/h1-4,20H,5-9H2,(H,17,18). The van der Waals surface area contributed by atoms with Gasteiger partial charge in [0.1, 0.15) is 0 Å². The summed E-state index contributed by atoms with van der Waals surface area (Å²) in [5, 5.41) is 17.0. The Hall–Kier alpha value is -1.85. The maximum absolute atomic E-state index is 11.9. The third-order valence-electron chi connectivity index (χ3n) is 3.73. The van der Waals surface area contributed by atoms with Gasteiger partial charge in [-0.3, -0.25) is 9.89 Å². The number of nitrogens with one attached hydrogen (secondary N) is 1. The molecule has 1 aromatic carbocycles. The average molecular weight is 306 g/mol. The minimum atomic E-state index is -0.113. The van der Waals surface area contributed by atoms with E-state index in [1.165, 1.54) is 0 Å². The van der Waals surface area contributed by atoms with E-state index >= 15 is 0 Å². The van der Waals surface area contributed by atoms with Crippen LogP contribution in [0.1, 0.15) is 17.7 Å². The van der Waals surface area contributed by atoms with Gasteiger partial charge in [-0.2, -0.15) is 5.10 Å². The van der Waals surface area contributed by atoms with Gasteiger partial charge in [0, 0.05) is 47.8 Å². The molecule has 1 aromatic heterocycles. The summed E-state index contributed by atoms with van der Waals surface area (Å²) in [6, 6.07) is 7.51. The van der Waals surface area contributed by atoms with Gasteiger partial charge in [-0.25, -0.2) is 0 Å². The molecule has 0 aliphatic carbocycles. The molecule has 2 N–H and O–H groups in total. The van der Waals surface area contributed by atoms with E-state index in [-0.39, 0.29) is 18.9 Å². The molecule has 3 rings (SSSR count). The minimum absolute atomic E-state index is 0.0218. The first-order chi connectivity index (χ1) is 10.2. The number of H-pyrrole nitrogens is 1. The summed E-state index contributed by atoms with van der Waals surface area (Å²) in [5.74, 6) is -0.0218. The first-order valence-corrected chi connectivity index (χ1v) is 7.27. The molecular formula is C15H16ClN3O2. The number of fused-ring (bicyclic) bond motifs is 1.